The second kappa shape index (κ2) is 3.94. The molecule has 2 N–H and O–H groups in total. The SMILES string of the molecule is CC(n1nnc(C(N)=S)c1C1CC1)C(F)(F)F. The third-order valence-electron chi connectivity index (χ3n) is 2.77. The molecule has 0 spiro atoms. The Kier molecular flexibility index (Phi) is 2.84. The summed E-state index contributed by atoms with van der Waals surface area (Å²) in [5.74, 6) is 0.0475. The zero-order chi connectivity index (χ0) is 12.8. The molecule has 0 aliphatic heterocycles. The molecule has 0 bridgehead atoms. The van der Waals surface area contributed by atoms with Crippen molar-refractivity contribution < 1.29 is 13.2 Å². The molecule has 17 heavy (non-hydrogen) atoms. The summed E-state index contributed by atoms with van der Waals surface area (Å²) >= 11 is 4.77. The molecule has 1 aromatic heterocycles. The lowest BCUT2D eigenvalue weighted by Crippen LogP contribution is -2.26. The van der Waals surface area contributed by atoms with Crippen molar-refractivity contribution in [3.05, 3.63) is 11.4 Å². The summed E-state index contributed by atoms with van der Waals surface area (Å²) in [5.41, 5.74) is 6.08. The van der Waals surface area contributed by atoms with Gasteiger partial charge in [-0.1, -0.05) is 17.4 Å². The smallest absolute Gasteiger partial charge is 0.388 e. The summed E-state index contributed by atoms with van der Waals surface area (Å²) in [6, 6.07) is -1.71. The highest BCUT2D eigenvalue weighted by Gasteiger charge is 2.42. The molecule has 1 unspecified atom stereocenters. The van der Waals surface area contributed by atoms with Crippen molar-refractivity contribution in [1.82, 2.24) is 15.0 Å². The quantitative estimate of drug-likeness (QED) is 0.847. The normalized spacial score (nSPS) is 18.1. The first kappa shape index (κ1) is 12.3. The van der Waals surface area contributed by atoms with E-state index in [2.05, 4.69) is 10.3 Å². The molecule has 4 nitrogen and oxygen atoms in total. The van der Waals surface area contributed by atoms with E-state index < -0.39 is 12.2 Å². The van der Waals surface area contributed by atoms with Gasteiger partial charge in [-0.25, -0.2) is 4.68 Å². The summed E-state index contributed by atoms with van der Waals surface area (Å²) in [5, 5.41) is 7.20. The molecule has 94 valence electrons. The Hall–Kier alpha value is -1.18. The molecular formula is C9H11F3N4S. The van der Waals surface area contributed by atoms with E-state index in [1.165, 1.54) is 0 Å². The highest BCUT2D eigenvalue weighted by molar-refractivity contribution is 7.80. The van der Waals surface area contributed by atoms with E-state index in [1.54, 1.807) is 0 Å². The molecule has 1 fully saturated rings. The Morgan fingerprint density at radius 1 is 1.53 bits per heavy atom. The minimum Gasteiger partial charge on any atom is -0.388 e. The van der Waals surface area contributed by atoms with Crippen LogP contribution in [0, 0.1) is 0 Å². The molecule has 1 atom stereocenters. The Morgan fingerprint density at radius 3 is 2.53 bits per heavy atom. The van der Waals surface area contributed by atoms with Gasteiger partial charge in [-0.2, -0.15) is 13.2 Å². The first-order chi connectivity index (χ1) is 7.82. The zero-order valence-electron chi connectivity index (χ0n) is 9.03. The lowest BCUT2D eigenvalue weighted by Gasteiger charge is -2.17. The Labute approximate surface area is 101 Å². The molecule has 1 aliphatic carbocycles. The summed E-state index contributed by atoms with van der Waals surface area (Å²) in [6.07, 6.45) is -2.70. The van der Waals surface area contributed by atoms with Gasteiger partial charge in [0.15, 0.2) is 0 Å². The maximum Gasteiger partial charge on any atom is 0.410 e. The van der Waals surface area contributed by atoms with Crippen LogP contribution in [0.2, 0.25) is 0 Å². The van der Waals surface area contributed by atoms with Crippen molar-refractivity contribution in [3.63, 3.8) is 0 Å². The largest absolute Gasteiger partial charge is 0.410 e. The number of rotatable bonds is 3. The first-order valence-corrected chi connectivity index (χ1v) is 5.54. The van der Waals surface area contributed by atoms with Crippen LogP contribution in [0.25, 0.3) is 0 Å². The zero-order valence-corrected chi connectivity index (χ0v) is 9.85. The van der Waals surface area contributed by atoms with E-state index in [0.29, 0.717) is 5.69 Å². The van der Waals surface area contributed by atoms with Gasteiger partial charge in [0.2, 0.25) is 0 Å². The molecule has 1 aromatic rings. The number of thiocarbonyl (C=S) groups is 1. The first-order valence-electron chi connectivity index (χ1n) is 5.14. The summed E-state index contributed by atoms with van der Waals surface area (Å²) < 4.78 is 38.9. The topological polar surface area (TPSA) is 56.7 Å². The number of hydrogen-bond acceptors (Lipinski definition) is 3. The van der Waals surface area contributed by atoms with Crippen molar-refractivity contribution in [3.8, 4) is 0 Å². The van der Waals surface area contributed by atoms with Crippen molar-refractivity contribution in [2.45, 2.75) is 37.9 Å². The minimum absolute atomic E-state index is 0.00692. The van der Waals surface area contributed by atoms with Crippen molar-refractivity contribution in [1.29, 1.82) is 0 Å². The van der Waals surface area contributed by atoms with Crippen LogP contribution in [0.1, 0.15) is 43.1 Å². The van der Waals surface area contributed by atoms with Crippen molar-refractivity contribution >= 4 is 17.2 Å². The van der Waals surface area contributed by atoms with Gasteiger partial charge >= 0.3 is 6.18 Å². The van der Waals surface area contributed by atoms with Crippen molar-refractivity contribution in [2.24, 2.45) is 5.73 Å². The molecular weight excluding hydrogens is 253 g/mol. The van der Waals surface area contributed by atoms with Crippen LogP contribution < -0.4 is 5.73 Å². The van der Waals surface area contributed by atoms with Crippen LogP contribution in [0.5, 0.6) is 0 Å². The number of halogens is 3. The van der Waals surface area contributed by atoms with Crippen LogP contribution in [0.4, 0.5) is 13.2 Å². The molecule has 1 aliphatic rings. The van der Waals surface area contributed by atoms with Crippen molar-refractivity contribution in [2.75, 3.05) is 0 Å². The predicted molar refractivity (Wildman–Crippen MR) is 58.7 cm³/mol. The lowest BCUT2D eigenvalue weighted by atomic mass is 10.2. The van der Waals surface area contributed by atoms with E-state index in [1.807, 2.05) is 0 Å². The van der Waals surface area contributed by atoms with Gasteiger partial charge in [-0.15, -0.1) is 5.10 Å². The number of alkyl halides is 3. The fourth-order valence-electron chi connectivity index (χ4n) is 1.64. The number of nitrogens with zero attached hydrogens (tertiary/aromatic N) is 3. The Balaban J connectivity index is 2.44. The molecule has 0 amide bonds. The Bertz CT molecular complexity index is 450. The maximum absolute atomic E-state index is 12.7. The molecule has 1 heterocycles. The third-order valence-corrected chi connectivity index (χ3v) is 2.96. The van der Waals surface area contributed by atoms with Crippen LogP contribution in [0.3, 0.4) is 0 Å². The van der Waals surface area contributed by atoms with Gasteiger partial charge in [0, 0.05) is 5.92 Å². The molecule has 0 radical (unpaired) electrons. The average Bonchev–Trinajstić information content (AvgIpc) is 2.94. The molecule has 2 rings (SSSR count). The van der Waals surface area contributed by atoms with Gasteiger partial charge in [0.1, 0.15) is 16.7 Å². The van der Waals surface area contributed by atoms with Gasteiger partial charge < -0.3 is 5.73 Å². The van der Waals surface area contributed by atoms with E-state index in [4.69, 9.17) is 18.0 Å². The van der Waals surface area contributed by atoms with E-state index >= 15 is 0 Å². The number of nitrogens with two attached hydrogens (primary N) is 1. The maximum atomic E-state index is 12.7. The highest BCUT2D eigenvalue weighted by Crippen LogP contribution is 2.43. The minimum atomic E-state index is -4.36. The van der Waals surface area contributed by atoms with Gasteiger partial charge in [0.25, 0.3) is 0 Å². The van der Waals surface area contributed by atoms with E-state index in [0.717, 1.165) is 24.4 Å². The molecule has 0 saturated heterocycles. The molecule has 0 aromatic carbocycles. The fourth-order valence-corrected chi connectivity index (χ4v) is 1.78. The number of aromatic nitrogens is 3. The van der Waals surface area contributed by atoms with Crippen LogP contribution >= 0.6 is 12.2 Å². The van der Waals surface area contributed by atoms with Gasteiger partial charge in [-0.05, 0) is 19.8 Å². The summed E-state index contributed by atoms with van der Waals surface area (Å²) in [6.45, 7) is 1.05. The highest BCUT2D eigenvalue weighted by atomic mass is 32.1. The number of hydrogen-bond donors (Lipinski definition) is 1. The second-order valence-electron chi connectivity index (χ2n) is 4.12. The summed E-state index contributed by atoms with van der Waals surface area (Å²) in [7, 11) is 0. The van der Waals surface area contributed by atoms with E-state index in [9.17, 15) is 13.2 Å². The monoisotopic (exact) mass is 264 g/mol. The van der Waals surface area contributed by atoms with E-state index in [-0.39, 0.29) is 16.6 Å². The Morgan fingerprint density at radius 2 is 2.12 bits per heavy atom. The lowest BCUT2D eigenvalue weighted by molar-refractivity contribution is -0.166. The standard InChI is InChI=1S/C9H11F3N4S/c1-4(9(10,11)12)16-7(5-2-3-5)6(8(13)17)14-15-16/h4-5H,2-3H2,1H3,(H2,13,17). The van der Waals surface area contributed by atoms with Gasteiger partial charge in [0.05, 0.1) is 5.69 Å². The van der Waals surface area contributed by atoms with Crippen LogP contribution in [-0.4, -0.2) is 26.2 Å². The fraction of sp³-hybridized carbons (Fsp3) is 0.667. The van der Waals surface area contributed by atoms with Crippen LogP contribution in [0.15, 0.2) is 0 Å². The third kappa shape index (κ3) is 2.26. The average molecular weight is 264 g/mol. The van der Waals surface area contributed by atoms with Crippen LogP contribution in [-0.2, 0) is 0 Å². The molecule has 8 heteroatoms. The predicted octanol–water partition coefficient (Wildman–Crippen LogP) is 1.91. The molecule has 1 saturated carbocycles. The van der Waals surface area contributed by atoms with Gasteiger partial charge in [-0.3, -0.25) is 0 Å². The summed E-state index contributed by atoms with van der Waals surface area (Å²) in [4.78, 5) is -0.00692. The second-order valence-corrected chi connectivity index (χ2v) is 4.56.